The van der Waals surface area contributed by atoms with Gasteiger partial charge in [0.15, 0.2) is 5.82 Å². The van der Waals surface area contributed by atoms with Crippen molar-refractivity contribution in [1.82, 2.24) is 19.9 Å². The van der Waals surface area contributed by atoms with Crippen LogP contribution in [-0.4, -0.2) is 59.6 Å². The van der Waals surface area contributed by atoms with Crippen molar-refractivity contribution in [3.8, 4) is 17.2 Å². The molecule has 7 rings (SSSR count). The highest BCUT2D eigenvalue weighted by Gasteiger charge is 2.47. The van der Waals surface area contributed by atoms with Gasteiger partial charge in [-0.3, -0.25) is 0 Å². The molecule has 0 amide bonds. The molecule has 3 aromatic heterocycles. The number of halogens is 3. The van der Waals surface area contributed by atoms with Gasteiger partial charge in [-0.15, -0.1) is 11.3 Å². The highest BCUT2D eigenvalue weighted by atomic mass is 35.5. The predicted octanol–water partition coefficient (Wildman–Crippen LogP) is 6.23. The van der Waals surface area contributed by atoms with Crippen molar-refractivity contribution in [2.75, 3.05) is 61.5 Å². The van der Waals surface area contributed by atoms with E-state index >= 15 is 4.39 Å². The average Bonchev–Trinajstić information content (AvgIpc) is 3.56. The molecule has 2 saturated heterocycles. The van der Waals surface area contributed by atoms with E-state index in [9.17, 15) is 9.65 Å². The summed E-state index contributed by atoms with van der Waals surface area (Å²) < 4.78 is 31.8. The summed E-state index contributed by atoms with van der Waals surface area (Å²) in [5.41, 5.74) is 13.7. The fourth-order valence-electron chi connectivity index (χ4n) is 6.74. The fourth-order valence-corrected chi connectivity index (χ4v) is 7.99. The van der Waals surface area contributed by atoms with Crippen LogP contribution in [0.3, 0.4) is 0 Å². The largest absolute Gasteiger partial charge is 0.389 e. The summed E-state index contributed by atoms with van der Waals surface area (Å²) in [4.78, 5) is 18.2. The zero-order chi connectivity index (χ0) is 31.6. The molecule has 1 spiro atoms. The third-order valence-electron chi connectivity index (χ3n) is 9.01. The lowest BCUT2D eigenvalue weighted by Gasteiger charge is -2.48. The van der Waals surface area contributed by atoms with Crippen LogP contribution in [0.5, 0.6) is 0 Å². The van der Waals surface area contributed by atoms with Crippen molar-refractivity contribution in [3.63, 3.8) is 0 Å². The maximum Gasteiger partial charge on any atom is 0.228 e. The second kappa shape index (κ2) is 10.9. The summed E-state index contributed by atoms with van der Waals surface area (Å²) in [6, 6.07) is 10.1. The number of hydrogen-bond acceptors (Lipinski definition) is 10. The zero-order valence-electron chi connectivity index (χ0n) is 24.7. The minimum Gasteiger partial charge on any atom is -0.389 e. The molecule has 5 heterocycles. The van der Waals surface area contributed by atoms with Crippen LogP contribution in [-0.2, 0) is 0 Å². The van der Waals surface area contributed by atoms with Crippen molar-refractivity contribution in [3.05, 3.63) is 64.3 Å². The Labute approximate surface area is 267 Å². The number of nitrogens with zero attached hydrogens (tertiary/aromatic N) is 6. The van der Waals surface area contributed by atoms with E-state index in [1.165, 1.54) is 12.1 Å². The molecule has 13 heteroatoms. The molecule has 0 unspecified atom stereocenters. The molecule has 0 radical (unpaired) electrons. The Balaban J connectivity index is 1.36. The Morgan fingerprint density at radius 1 is 1.20 bits per heavy atom. The minimum atomic E-state index is -0.689. The van der Waals surface area contributed by atoms with Crippen molar-refractivity contribution >= 4 is 66.5 Å². The lowest BCUT2D eigenvalue weighted by Crippen LogP contribution is -2.58. The number of fused-ring (bicyclic) bond motifs is 2. The normalized spacial score (nSPS) is 16.8. The second-order valence-corrected chi connectivity index (χ2v) is 13.6. The first-order chi connectivity index (χ1) is 21.6. The smallest absolute Gasteiger partial charge is 0.228 e. The minimum absolute atomic E-state index is 0.0214. The van der Waals surface area contributed by atoms with E-state index < -0.39 is 11.6 Å². The number of thiophene rings is 1. The molecule has 0 saturated carbocycles. The fraction of sp³-hybridized carbons (Fsp3) is 0.312. The molecule has 0 aliphatic carbocycles. The van der Waals surface area contributed by atoms with Crippen molar-refractivity contribution < 1.29 is 8.78 Å². The second-order valence-electron chi connectivity index (χ2n) is 12.2. The van der Waals surface area contributed by atoms with E-state index in [0.29, 0.717) is 29.5 Å². The van der Waals surface area contributed by atoms with Crippen LogP contribution < -0.4 is 21.7 Å². The zero-order valence-corrected chi connectivity index (χ0v) is 26.2. The van der Waals surface area contributed by atoms with Crippen LogP contribution in [0.4, 0.5) is 31.4 Å². The maximum atomic E-state index is 16.8. The lowest BCUT2D eigenvalue weighted by molar-refractivity contribution is 0.215. The number of anilines is 4. The Hall–Kier alpha value is -4.31. The molecule has 230 valence electrons. The van der Waals surface area contributed by atoms with Crippen molar-refractivity contribution in [2.45, 2.75) is 19.3 Å². The standard InChI is InChI=1S/C32H30ClF2N9S/c1-16(17-4-3-8-39-28(17)37)12-40-30-19-10-21(33)24(18-5-6-22(34)27-23(18)20(11-36)29(38)45-27)25(35)26(19)41-31(42-30)44-14-32(15-44)7-9-43(2)13-32/h3-6,8,10,16H,7,9,12-15,38H2,1-2H3,(H2,37,39)(H,40,41,42)/t16-/m0/s1. The predicted molar refractivity (Wildman–Crippen MR) is 177 cm³/mol. The maximum absolute atomic E-state index is 16.8. The topological polar surface area (TPSA) is 133 Å². The monoisotopic (exact) mass is 645 g/mol. The molecule has 5 aromatic rings. The van der Waals surface area contributed by atoms with Crippen LogP contribution in [0.15, 0.2) is 36.5 Å². The molecule has 1 atom stereocenters. The van der Waals surface area contributed by atoms with Crippen molar-refractivity contribution in [2.24, 2.45) is 5.41 Å². The van der Waals surface area contributed by atoms with Gasteiger partial charge in [0.2, 0.25) is 5.95 Å². The van der Waals surface area contributed by atoms with Crippen LogP contribution in [0, 0.1) is 28.4 Å². The van der Waals surface area contributed by atoms with Gasteiger partial charge in [-0.2, -0.15) is 10.2 Å². The first-order valence-corrected chi connectivity index (χ1v) is 15.8. The van der Waals surface area contributed by atoms with Gasteiger partial charge in [-0.1, -0.05) is 30.7 Å². The van der Waals surface area contributed by atoms with Crippen LogP contribution >= 0.6 is 22.9 Å². The average molecular weight is 646 g/mol. The molecule has 2 aromatic carbocycles. The number of rotatable bonds is 6. The number of benzene rings is 2. The van der Waals surface area contributed by atoms with Gasteiger partial charge in [0.25, 0.3) is 0 Å². The van der Waals surface area contributed by atoms with Gasteiger partial charge in [-0.25, -0.2) is 18.7 Å². The molecule has 45 heavy (non-hydrogen) atoms. The Morgan fingerprint density at radius 3 is 2.71 bits per heavy atom. The highest BCUT2D eigenvalue weighted by molar-refractivity contribution is 7.23. The van der Waals surface area contributed by atoms with Crippen molar-refractivity contribution in [1.29, 1.82) is 5.26 Å². The summed E-state index contributed by atoms with van der Waals surface area (Å²) in [5, 5.41) is 14.1. The number of likely N-dealkylation sites (tertiary alicyclic amines) is 1. The third kappa shape index (κ3) is 4.86. The summed E-state index contributed by atoms with van der Waals surface area (Å²) in [6.07, 6.45) is 2.73. The van der Waals surface area contributed by atoms with E-state index in [2.05, 4.69) is 27.1 Å². The number of nitrogens with one attached hydrogen (secondary N) is 1. The van der Waals surface area contributed by atoms with Gasteiger partial charge in [0.05, 0.1) is 15.3 Å². The van der Waals surface area contributed by atoms with Crippen LogP contribution in [0.25, 0.3) is 32.1 Å². The molecular formula is C32H30ClF2N9S. The molecule has 5 N–H and O–H groups in total. The highest BCUT2D eigenvalue weighted by Crippen LogP contribution is 2.46. The Kier molecular flexibility index (Phi) is 7.15. The number of nitrogen functional groups attached to an aromatic ring is 2. The molecule has 9 nitrogen and oxygen atoms in total. The van der Waals surface area contributed by atoms with Gasteiger partial charge < -0.3 is 26.6 Å². The number of nitrogens with two attached hydrogens (primary N) is 2. The van der Waals surface area contributed by atoms with Gasteiger partial charge in [0, 0.05) is 60.0 Å². The first kappa shape index (κ1) is 29.4. The molecule has 0 bridgehead atoms. The summed E-state index contributed by atoms with van der Waals surface area (Å²) >= 11 is 7.75. The lowest BCUT2D eigenvalue weighted by atomic mass is 9.79. The van der Waals surface area contributed by atoms with E-state index in [-0.39, 0.29) is 53.6 Å². The number of nitriles is 1. The summed E-state index contributed by atoms with van der Waals surface area (Å²) in [7, 11) is 2.12. The molecule has 2 aliphatic heterocycles. The third-order valence-corrected chi connectivity index (χ3v) is 10.3. The van der Waals surface area contributed by atoms with Gasteiger partial charge in [0.1, 0.15) is 34.0 Å². The summed E-state index contributed by atoms with van der Waals surface area (Å²) in [6.45, 7) is 6.03. The molecular weight excluding hydrogens is 616 g/mol. The van der Waals surface area contributed by atoms with Gasteiger partial charge in [-0.05, 0) is 49.3 Å². The van der Waals surface area contributed by atoms with Crippen LogP contribution in [0.2, 0.25) is 5.02 Å². The molecule has 2 fully saturated rings. The first-order valence-electron chi connectivity index (χ1n) is 14.6. The Morgan fingerprint density at radius 2 is 2.00 bits per heavy atom. The SMILES string of the molecule is C[C@@H](CNc1nc(N2CC3(CCN(C)C3)C2)nc2c(F)c(-c3ccc(F)c4sc(N)c(C#N)c34)c(Cl)cc12)c1cccnc1N. The summed E-state index contributed by atoms with van der Waals surface area (Å²) in [5.74, 6) is 0.0197. The van der Waals surface area contributed by atoms with Gasteiger partial charge >= 0.3 is 0 Å². The van der Waals surface area contributed by atoms with Crippen LogP contribution in [0.1, 0.15) is 30.4 Å². The van der Waals surface area contributed by atoms with E-state index in [0.717, 1.165) is 49.5 Å². The van der Waals surface area contributed by atoms with E-state index in [1.54, 1.807) is 12.3 Å². The Bertz CT molecular complexity index is 2040. The number of pyridine rings is 1. The quantitative estimate of drug-likeness (QED) is 0.196. The number of hydrogen-bond donors (Lipinski definition) is 3. The van der Waals surface area contributed by atoms with E-state index in [1.807, 2.05) is 25.1 Å². The molecule has 2 aliphatic rings. The number of aromatic nitrogens is 3. The van der Waals surface area contributed by atoms with E-state index in [4.69, 9.17) is 33.0 Å².